The predicted octanol–water partition coefficient (Wildman–Crippen LogP) is 3.88. The van der Waals surface area contributed by atoms with Gasteiger partial charge in [0.2, 0.25) is 11.8 Å². The summed E-state index contributed by atoms with van der Waals surface area (Å²) in [5.74, 6) is -0.890. The molecule has 1 aliphatic rings. The van der Waals surface area contributed by atoms with Crippen LogP contribution in [0.1, 0.15) is 35.7 Å². The summed E-state index contributed by atoms with van der Waals surface area (Å²) in [6.07, 6.45) is 0.633. The third kappa shape index (κ3) is 4.44. The molecule has 0 saturated carbocycles. The molecule has 6 nitrogen and oxygen atoms in total. The Morgan fingerprint density at radius 1 is 1.06 bits per heavy atom. The third-order valence-corrected chi connectivity index (χ3v) is 6.10. The first-order valence-corrected chi connectivity index (χ1v) is 11.0. The first-order chi connectivity index (χ1) is 15.9. The second kappa shape index (κ2) is 9.40. The first kappa shape index (κ1) is 22.5. The fourth-order valence-electron chi connectivity index (χ4n) is 4.31. The second-order valence-electron chi connectivity index (χ2n) is 8.18. The molecule has 3 aromatic rings. The topological polar surface area (TPSA) is 69.7 Å². The van der Waals surface area contributed by atoms with Crippen LogP contribution in [0.5, 0.6) is 0 Å². The zero-order valence-electron chi connectivity index (χ0n) is 18.7. The molecule has 7 heteroatoms. The van der Waals surface area contributed by atoms with Gasteiger partial charge in [0.05, 0.1) is 5.69 Å². The van der Waals surface area contributed by atoms with Crippen LogP contribution in [0.2, 0.25) is 0 Å². The normalized spacial score (nSPS) is 13.3. The largest absolute Gasteiger partial charge is 0.357 e. The van der Waals surface area contributed by atoms with E-state index >= 15 is 0 Å². The standard InChI is InChI=1S/C26H26FN3O3/c1-17(25(32)28-2)30(16-18-11-13-20(27)14-12-18)23(31)10-5-15-29-22-9-4-7-19-6-3-8-21(24(19)22)26(29)33/h3-4,6-9,11-14,17H,5,10,15-16H2,1-2H3,(H,28,32)/t17-/m1/s1. The number of nitrogens with one attached hydrogen (secondary N) is 1. The molecule has 4 rings (SSSR count). The van der Waals surface area contributed by atoms with Crippen LogP contribution in [0, 0.1) is 5.82 Å². The van der Waals surface area contributed by atoms with Crippen molar-refractivity contribution < 1.29 is 18.8 Å². The molecule has 0 saturated heterocycles. The lowest BCUT2D eigenvalue weighted by atomic mass is 10.1. The fourth-order valence-corrected chi connectivity index (χ4v) is 4.31. The molecule has 0 radical (unpaired) electrons. The van der Waals surface area contributed by atoms with Gasteiger partial charge in [-0.3, -0.25) is 14.4 Å². The summed E-state index contributed by atoms with van der Waals surface area (Å²) >= 11 is 0. The van der Waals surface area contributed by atoms with Crippen molar-refractivity contribution in [2.24, 2.45) is 0 Å². The molecule has 0 aromatic heterocycles. The predicted molar refractivity (Wildman–Crippen MR) is 125 cm³/mol. The van der Waals surface area contributed by atoms with Crippen molar-refractivity contribution in [2.45, 2.75) is 32.4 Å². The maximum atomic E-state index is 13.3. The summed E-state index contributed by atoms with van der Waals surface area (Å²) < 4.78 is 13.3. The molecular weight excluding hydrogens is 421 g/mol. The van der Waals surface area contributed by atoms with Crippen molar-refractivity contribution in [3.8, 4) is 0 Å². The third-order valence-electron chi connectivity index (χ3n) is 6.10. The zero-order chi connectivity index (χ0) is 23.5. The van der Waals surface area contributed by atoms with Crippen molar-refractivity contribution in [3.05, 3.63) is 77.6 Å². The van der Waals surface area contributed by atoms with Crippen LogP contribution in [0.4, 0.5) is 10.1 Å². The Labute approximate surface area is 192 Å². The molecule has 0 unspecified atom stereocenters. The number of amides is 3. The van der Waals surface area contributed by atoms with Crippen LogP contribution >= 0.6 is 0 Å². The molecule has 170 valence electrons. The van der Waals surface area contributed by atoms with Gasteiger partial charge in [0, 0.05) is 37.5 Å². The summed E-state index contributed by atoms with van der Waals surface area (Å²) in [4.78, 5) is 41.5. The first-order valence-electron chi connectivity index (χ1n) is 11.0. The summed E-state index contributed by atoms with van der Waals surface area (Å²) in [6.45, 7) is 2.26. The van der Waals surface area contributed by atoms with E-state index in [4.69, 9.17) is 0 Å². The van der Waals surface area contributed by atoms with Gasteiger partial charge in [-0.15, -0.1) is 0 Å². The second-order valence-corrected chi connectivity index (χ2v) is 8.18. The molecule has 3 aromatic carbocycles. The van der Waals surface area contributed by atoms with Crippen LogP contribution in [-0.2, 0) is 16.1 Å². The lowest BCUT2D eigenvalue weighted by Gasteiger charge is -2.29. The number of likely N-dealkylation sites (N-methyl/N-ethyl adjacent to an activating group) is 1. The lowest BCUT2D eigenvalue weighted by Crippen LogP contribution is -2.46. The highest BCUT2D eigenvalue weighted by molar-refractivity contribution is 6.25. The molecule has 1 atom stereocenters. The van der Waals surface area contributed by atoms with Crippen molar-refractivity contribution in [3.63, 3.8) is 0 Å². The molecule has 0 fully saturated rings. The van der Waals surface area contributed by atoms with E-state index in [9.17, 15) is 18.8 Å². The van der Waals surface area contributed by atoms with E-state index in [0.717, 1.165) is 22.0 Å². The van der Waals surface area contributed by atoms with Crippen molar-refractivity contribution >= 4 is 34.2 Å². The van der Waals surface area contributed by atoms with E-state index in [1.165, 1.54) is 24.1 Å². The number of carbonyl (C=O) groups excluding carboxylic acids is 3. The van der Waals surface area contributed by atoms with Gasteiger partial charge < -0.3 is 15.1 Å². The van der Waals surface area contributed by atoms with E-state index in [-0.39, 0.29) is 36.5 Å². The van der Waals surface area contributed by atoms with Gasteiger partial charge in [0.25, 0.3) is 5.91 Å². The van der Waals surface area contributed by atoms with Crippen LogP contribution < -0.4 is 10.2 Å². The molecule has 1 N–H and O–H groups in total. The molecule has 1 heterocycles. The van der Waals surface area contributed by atoms with E-state index in [1.807, 2.05) is 36.4 Å². The van der Waals surface area contributed by atoms with Gasteiger partial charge in [-0.25, -0.2) is 4.39 Å². The fraction of sp³-hybridized carbons (Fsp3) is 0.269. The van der Waals surface area contributed by atoms with Crippen LogP contribution in [0.3, 0.4) is 0 Å². The molecule has 33 heavy (non-hydrogen) atoms. The summed E-state index contributed by atoms with van der Waals surface area (Å²) in [5.41, 5.74) is 2.28. The number of rotatable bonds is 8. The SMILES string of the molecule is CNC(=O)[C@@H](C)N(Cc1ccc(F)cc1)C(=O)CCCN1C(=O)c2cccc3cccc1c23. The summed E-state index contributed by atoms with van der Waals surface area (Å²) in [5, 5.41) is 4.54. The van der Waals surface area contributed by atoms with Gasteiger partial charge in [-0.05, 0) is 48.6 Å². The molecule has 3 amide bonds. The Balaban J connectivity index is 1.45. The molecule has 1 aliphatic heterocycles. The molecule has 0 aliphatic carbocycles. The summed E-state index contributed by atoms with van der Waals surface area (Å²) in [6, 6.07) is 16.7. The lowest BCUT2D eigenvalue weighted by molar-refractivity contribution is -0.140. The minimum atomic E-state index is -0.682. The maximum Gasteiger partial charge on any atom is 0.258 e. The Morgan fingerprint density at radius 2 is 1.76 bits per heavy atom. The maximum absolute atomic E-state index is 13.3. The summed E-state index contributed by atoms with van der Waals surface area (Å²) in [7, 11) is 1.52. The Kier molecular flexibility index (Phi) is 6.40. The monoisotopic (exact) mass is 447 g/mol. The number of anilines is 1. The van der Waals surface area contributed by atoms with Gasteiger partial charge >= 0.3 is 0 Å². The van der Waals surface area contributed by atoms with Crippen LogP contribution in [0.25, 0.3) is 10.8 Å². The van der Waals surface area contributed by atoms with Crippen molar-refractivity contribution in [2.75, 3.05) is 18.5 Å². The van der Waals surface area contributed by atoms with Gasteiger partial charge in [0.1, 0.15) is 11.9 Å². The number of carbonyl (C=O) groups is 3. The average molecular weight is 448 g/mol. The minimum absolute atomic E-state index is 0.0591. The molecule has 0 spiro atoms. The van der Waals surface area contributed by atoms with E-state index < -0.39 is 6.04 Å². The van der Waals surface area contributed by atoms with E-state index in [0.29, 0.717) is 18.5 Å². The van der Waals surface area contributed by atoms with Gasteiger partial charge in [-0.1, -0.05) is 36.4 Å². The minimum Gasteiger partial charge on any atom is -0.357 e. The van der Waals surface area contributed by atoms with E-state index in [2.05, 4.69) is 5.32 Å². The highest BCUT2D eigenvalue weighted by Gasteiger charge is 2.30. The van der Waals surface area contributed by atoms with E-state index in [1.54, 1.807) is 24.0 Å². The van der Waals surface area contributed by atoms with Crippen molar-refractivity contribution in [1.29, 1.82) is 0 Å². The Bertz CT molecular complexity index is 1200. The Hall–Kier alpha value is -3.74. The quantitative estimate of drug-likeness (QED) is 0.570. The highest BCUT2D eigenvalue weighted by atomic mass is 19.1. The highest BCUT2D eigenvalue weighted by Crippen LogP contribution is 2.37. The molecule has 0 bridgehead atoms. The number of halogens is 1. The Morgan fingerprint density at radius 3 is 2.45 bits per heavy atom. The molecular formula is C26H26FN3O3. The van der Waals surface area contributed by atoms with Crippen LogP contribution in [0.15, 0.2) is 60.7 Å². The number of hydrogen-bond acceptors (Lipinski definition) is 3. The number of benzene rings is 3. The van der Waals surface area contributed by atoms with Crippen molar-refractivity contribution in [1.82, 2.24) is 10.2 Å². The average Bonchev–Trinajstić information content (AvgIpc) is 3.10. The smallest absolute Gasteiger partial charge is 0.258 e. The van der Waals surface area contributed by atoms with Crippen LogP contribution in [-0.4, -0.2) is 42.3 Å². The van der Waals surface area contributed by atoms with Gasteiger partial charge in [0.15, 0.2) is 0 Å². The number of hydrogen-bond donors (Lipinski definition) is 1. The van der Waals surface area contributed by atoms with Gasteiger partial charge in [-0.2, -0.15) is 0 Å². The number of nitrogens with zero attached hydrogens (tertiary/aromatic N) is 2. The zero-order valence-corrected chi connectivity index (χ0v) is 18.7.